The molecule has 1 heterocycles. The van der Waals surface area contributed by atoms with E-state index in [2.05, 4.69) is 15.5 Å². The number of aromatic nitrogens is 2. The van der Waals surface area contributed by atoms with Gasteiger partial charge in [-0.1, -0.05) is 6.07 Å². The highest BCUT2D eigenvalue weighted by atomic mass is 19.1. The number of hydrogen-bond acceptors (Lipinski definition) is 5. The van der Waals surface area contributed by atoms with Crippen molar-refractivity contribution in [1.82, 2.24) is 15.5 Å². The zero-order valence-corrected chi connectivity index (χ0v) is 18.5. The third-order valence-electron chi connectivity index (χ3n) is 5.10. The number of aliphatic hydroxyl groups excluding tert-OH is 1. The van der Waals surface area contributed by atoms with Gasteiger partial charge in [0.2, 0.25) is 0 Å². The third-order valence-corrected chi connectivity index (χ3v) is 5.10. The van der Waals surface area contributed by atoms with E-state index in [4.69, 9.17) is 10.1 Å². The summed E-state index contributed by atoms with van der Waals surface area (Å²) < 4.78 is 33.1. The first-order valence-electron chi connectivity index (χ1n) is 10.5. The molecule has 10 heteroatoms. The maximum atomic E-state index is 14.9. The van der Waals surface area contributed by atoms with Crippen LogP contribution in [0.4, 0.5) is 8.78 Å². The summed E-state index contributed by atoms with van der Waals surface area (Å²) in [5, 5.41) is 28.8. The van der Waals surface area contributed by atoms with E-state index in [0.717, 1.165) is 6.21 Å². The Kier molecular flexibility index (Phi) is 8.74. The van der Waals surface area contributed by atoms with Crippen molar-refractivity contribution in [1.29, 1.82) is 5.41 Å². The summed E-state index contributed by atoms with van der Waals surface area (Å²) >= 11 is 0. The minimum atomic E-state index is -1.01. The number of aromatic amines is 1. The molecular weight excluding hydrogens is 444 g/mol. The number of H-pyrrole nitrogens is 1. The first-order chi connectivity index (χ1) is 16.4. The molecule has 2 atom stereocenters. The molecule has 0 spiro atoms. The molecule has 1 aromatic heterocycles. The molecule has 0 fully saturated rings. The number of nitrogens with zero attached hydrogens (tertiary/aromatic N) is 1. The lowest BCUT2D eigenvalue weighted by Gasteiger charge is -2.22. The summed E-state index contributed by atoms with van der Waals surface area (Å²) in [7, 11) is 1.43. The summed E-state index contributed by atoms with van der Waals surface area (Å²) in [5.74, 6) is -1.60. The predicted octanol–water partition coefficient (Wildman–Crippen LogP) is 1.85. The number of benzene rings is 2. The van der Waals surface area contributed by atoms with Gasteiger partial charge in [-0.3, -0.25) is 9.89 Å². The minimum absolute atomic E-state index is 0.00927. The third kappa shape index (κ3) is 6.19. The summed E-state index contributed by atoms with van der Waals surface area (Å²) in [5.41, 5.74) is 1.44. The topological polar surface area (TPSA) is 128 Å². The smallest absolute Gasteiger partial charge is 0.252 e. The Morgan fingerprint density at radius 1 is 1.29 bits per heavy atom. The molecule has 0 saturated heterocycles. The van der Waals surface area contributed by atoms with Gasteiger partial charge in [0.1, 0.15) is 30.3 Å². The number of quaternary nitrogens is 1. The van der Waals surface area contributed by atoms with E-state index in [1.54, 1.807) is 29.7 Å². The Morgan fingerprint density at radius 2 is 2.06 bits per heavy atom. The lowest BCUT2D eigenvalue weighted by atomic mass is 10.0. The standard InChI is InChI=1S/C24H25F2N5O3/c1-34-14-22(32)21(13-28-11-3-10-27)29-24(33)17-4-2-5-18(26)23(17)20-12-19(30-31-20)15-6-8-16(25)9-7-15/h2-12,21-22,27-28,32H,13-14H2,1H3,(H,29,33)(H,30,31)/p+1. The molecule has 2 unspecified atom stereocenters. The van der Waals surface area contributed by atoms with E-state index in [0.29, 0.717) is 11.3 Å². The summed E-state index contributed by atoms with van der Waals surface area (Å²) in [6, 6.07) is 10.7. The predicted molar refractivity (Wildman–Crippen MR) is 123 cm³/mol. The maximum absolute atomic E-state index is 14.9. The van der Waals surface area contributed by atoms with Crippen molar-refractivity contribution in [3.63, 3.8) is 0 Å². The second kappa shape index (κ2) is 11.9. The molecule has 0 saturated carbocycles. The molecule has 178 valence electrons. The molecule has 0 bridgehead atoms. The van der Waals surface area contributed by atoms with Crippen molar-refractivity contribution in [3.05, 3.63) is 78.0 Å². The molecular formula is C24H26F2N5O3+. The second-order valence-corrected chi connectivity index (χ2v) is 7.46. The van der Waals surface area contributed by atoms with Gasteiger partial charge >= 0.3 is 0 Å². The van der Waals surface area contributed by atoms with Crippen LogP contribution in [-0.2, 0) is 4.74 Å². The number of rotatable bonds is 11. The number of hydrogen-bond donors (Lipinski definition) is 5. The normalized spacial score (nSPS) is 13.1. The van der Waals surface area contributed by atoms with Crippen LogP contribution >= 0.6 is 0 Å². The number of nitrogens with two attached hydrogens (primary N) is 1. The second-order valence-electron chi connectivity index (χ2n) is 7.46. The van der Waals surface area contributed by atoms with E-state index in [1.165, 1.54) is 43.5 Å². The molecule has 3 aromatic rings. The van der Waals surface area contributed by atoms with Crippen LogP contribution in [0.1, 0.15) is 10.4 Å². The average Bonchev–Trinajstić information content (AvgIpc) is 3.31. The van der Waals surface area contributed by atoms with Gasteiger partial charge in [0.15, 0.2) is 0 Å². The largest absolute Gasteiger partial charge is 0.388 e. The van der Waals surface area contributed by atoms with Gasteiger partial charge in [-0.15, -0.1) is 0 Å². The Bertz CT molecular complexity index is 1150. The number of ether oxygens (including phenoxy) is 1. The molecule has 1 amide bonds. The molecule has 6 N–H and O–H groups in total. The van der Waals surface area contributed by atoms with Crippen molar-refractivity contribution in [3.8, 4) is 22.5 Å². The van der Waals surface area contributed by atoms with Crippen LogP contribution in [0, 0.1) is 17.0 Å². The van der Waals surface area contributed by atoms with E-state index in [-0.39, 0.29) is 35.8 Å². The van der Waals surface area contributed by atoms with Crippen molar-refractivity contribution >= 4 is 12.1 Å². The zero-order chi connectivity index (χ0) is 24.5. The summed E-state index contributed by atoms with van der Waals surface area (Å²) in [4.78, 5) is 13.1. The Morgan fingerprint density at radius 3 is 2.76 bits per heavy atom. The van der Waals surface area contributed by atoms with Gasteiger partial charge < -0.3 is 25.9 Å². The van der Waals surface area contributed by atoms with Crippen LogP contribution in [0.3, 0.4) is 0 Å². The van der Waals surface area contributed by atoms with Crippen LogP contribution < -0.4 is 10.6 Å². The molecule has 2 aromatic carbocycles. The van der Waals surface area contributed by atoms with Crippen molar-refractivity contribution in [2.24, 2.45) is 0 Å². The first kappa shape index (κ1) is 24.9. The van der Waals surface area contributed by atoms with Crippen molar-refractivity contribution < 1.29 is 28.7 Å². The maximum Gasteiger partial charge on any atom is 0.252 e. The van der Waals surface area contributed by atoms with Crippen molar-refractivity contribution in [2.45, 2.75) is 12.1 Å². The summed E-state index contributed by atoms with van der Waals surface area (Å²) in [6.07, 6.45) is 3.23. The monoisotopic (exact) mass is 470 g/mol. The molecule has 0 aliphatic heterocycles. The zero-order valence-electron chi connectivity index (χ0n) is 18.5. The number of methoxy groups -OCH3 is 1. The van der Waals surface area contributed by atoms with Gasteiger partial charge in [0.25, 0.3) is 5.91 Å². The quantitative estimate of drug-likeness (QED) is 0.274. The average molecular weight is 471 g/mol. The van der Waals surface area contributed by atoms with Gasteiger partial charge in [-0.25, -0.2) is 8.78 Å². The highest BCUT2D eigenvalue weighted by Gasteiger charge is 2.26. The fourth-order valence-corrected chi connectivity index (χ4v) is 3.41. The number of nitrogens with one attached hydrogen (secondary N) is 3. The fourth-order valence-electron chi connectivity index (χ4n) is 3.41. The molecule has 8 nitrogen and oxygen atoms in total. The van der Waals surface area contributed by atoms with Crippen LogP contribution in [0.2, 0.25) is 0 Å². The first-order valence-corrected chi connectivity index (χ1v) is 10.5. The van der Waals surface area contributed by atoms with Crippen LogP contribution in [0.25, 0.3) is 22.5 Å². The van der Waals surface area contributed by atoms with Gasteiger partial charge in [-0.2, -0.15) is 5.10 Å². The SMILES string of the molecule is COCC(O)C(C[NH2+]C=CC=N)NC(=O)c1cccc(F)c1-c1cc(-c2ccc(F)cc2)n[nH]1. The van der Waals surface area contributed by atoms with Gasteiger partial charge in [0, 0.05) is 30.5 Å². The number of carbonyl (C=O) groups is 1. The molecule has 0 aliphatic carbocycles. The highest BCUT2D eigenvalue weighted by molar-refractivity contribution is 6.01. The Balaban J connectivity index is 1.88. The van der Waals surface area contributed by atoms with Crippen LogP contribution in [0.5, 0.6) is 0 Å². The number of halogens is 2. The lowest BCUT2D eigenvalue weighted by Crippen LogP contribution is -2.83. The van der Waals surface area contributed by atoms with E-state index >= 15 is 0 Å². The number of allylic oxidation sites excluding steroid dienone is 1. The van der Waals surface area contributed by atoms with E-state index in [1.807, 2.05) is 0 Å². The van der Waals surface area contributed by atoms with Crippen LogP contribution in [-0.4, -0.2) is 59.8 Å². The molecule has 3 rings (SSSR count). The Labute approximate surface area is 195 Å². The molecule has 0 aliphatic rings. The molecule has 34 heavy (non-hydrogen) atoms. The number of aliphatic hydroxyl groups is 1. The van der Waals surface area contributed by atoms with Crippen molar-refractivity contribution in [2.75, 3.05) is 20.3 Å². The van der Waals surface area contributed by atoms with E-state index in [9.17, 15) is 18.7 Å². The lowest BCUT2D eigenvalue weighted by molar-refractivity contribution is -0.591. The number of amides is 1. The van der Waals surface area contributed by atoms with E-state index < -0.39 is 23.9 Å². The van der Waals surface area contributed by atoms with Gasteiger partial charge in [0.05, 0.1) is 29.8 Å². The number of carbonyl (C=O) groups excluding carboxylic acids is 1. The Hall–Kier alpha value is -3.73. The minimum Gasteiger partial charge on any atom is -0.388 e. The molecule has 0 radical (unpaired) electrons. The fraction of sp³-hybridized carbons (Fsp3) is 0.208. The van der Waals surface area contributed by atoms with Gasteiger partial charge in [-0.05, 0) is 42.5 Å². The summed E-state index contributed by atoms with van der Waals surface area (Å²) in [6.45, 7) is 0.259. The highest BCUT2D eigenvalue weighted by Crippen LogP contribution is 2.29. The van der Waals surface area contributed by atoms with Crippen LogP contribution in [0.15, 0.2) is 60.8 Å².